The molecule has 0 amide bonds. The van der Waals surface area contributed by atoms with Crippen LogP contribution in [0, 0.1) is 0 Å². The van der Waals surface area contributed by atoms with Gasteiger partial charge in [0.15, 0.2) is 0 Å². The number of ether oxygens (including phenoxy) is 6. The van der Waals surface area contributed by atoms with Gasteiger partial charge in [-0.1, -0.05) is 0 Å². The average Bonchev–Trinajstić information content (AvgIpc) is 3.85. The zero-order valence-corrected chi connectivity index (χ0v) is 41.1. The van der Waals surface area contributed by atoms with Crippen LogP contribution in [-0.2, 0) is 140 Å². The summed E-state index contributed by atoms with van der Waals surface area (Å²) in [6.07, 6.45) is -2.75. The zero-order valence-electron chi connectivity index (χ0n) is 29.1. The molecule has 9 unspecified atom stereocenters. The smallest absolute Gasteiger partial charge is 0.105 e. The summed E-state index contributed by atoms with van der Waals surface area (Å²) < 4.78 is 41.2. The van der Waals surface area contributed by atoms with Crippen molar-refractivity contribution >= 4 is 28.4 Å². The van der Waals surface area contributed by atoms with Crippen molar-refractivity contribution in [1.82, 2.24) is 0 Å². The summed E-state index contributed by atoms with van der Waals surface area (Å²) in [6.45, 7) is 2.80. The molecule has 0 aromatic carbocycles. The molecular weight excluding hydrogens is 936 g/mol. The summed E-state index contributed by atoms with van der Waals surface area (Å²) in [5, 5.41) is 75.7. The van der Waals surface area contributed by atoms with E-state index in [1.54, 1.807) is 0 Å². The number of methoxy groups -OCH3 is 5. The molecule has 1 aliphatic heterocycles. The second-order valence-electron chi connectivity index (χ2n) is 8.05. The topological polar surface area (TPSA) is 271 Å². The largest absolute Gasteiger partial charge is 0.857 e. The molecule has 48 heavy (non-hydrogen) atoms. The van der Waals surface area contributed by atoms with E-state index >= 15 is 0 Å². The van der Waals surface area contributed by atoms with E-state index in [1.165, 1.54) is 35.5 Å². The van der Waals surface area contributed by atoms with Gasteiger partial charge in [-0.3, -0.25) is 0 Å². The van der Waals surface area contributed by atoms with Gasteiger partial charge in [0.25, 0.3) is 0 Å². The van der Waals surface area contributed by atoms with Crippen molar-refractivity contribution < 1.29 is 186 Å². The average molecular weight is 998 g/mol. The summed E-state index contributed by atoms with van der Waals surface area (Å²) in [7, 11) is 14.5. The van der Waals surface area contributed by atoms with Gasteiger partial charge in [0.1, 0.15) is 36.6 Å². The van der Waals surface area contributed by atoms with E-state index in [0.717, 1.165) is 20.3 Å². The third-order valence-electron chi connectivity index (χ3n) is 3.69. The Balaban J connectivity index is -0.0000000531. The van der Waals surface area contributed by atoms with Gasteiger partial charge in [-0.25, -0.2) is 0 Å². The summed E-state index contributed by atoms with van der Waals surface area (Å²) in [5.74, 6) is 0. The van der Waals surface area contributed by atoms with Gasteiger partial charge in [-0.2, -0.15) is 7.11 Å². The first kappa shape index (κ1) is 73.0. The molecule has 0 saturated carbocycles. The van der Waals surface area contributed by atoms with Crippen molar-refractivity contribution in [2.75, 3.05) is 122 Å². The molecule has 3 radical (unpaired) electrons. The monoisotopic (exact) mass is 998 g/mol. The molecule has 1 aliphatic rings. The molecule has 8 N–H and O–H groups in total. The number of aliphatic hydroxyl groups excluding tert-OH is 8. The molecule has 1 saturated heterocycles. The first-order chi connectivity index (χ1) is 21.5. The van der Waals surface area contributed by atoms with Gasteiger partial charge >= 0.3 is 0 Å². The van der Waals surface area contributed by atoms with E-state index in [4.69, 9.17) is 50.7 Å². The van der Waals surface area contributed by atoms with Crippen molar-refractivity contribution in [1.29, 1.82) is 0 Å². The molecule has 1 heterocycles. The van der Waals surface area contributed by atoms with Crippen LogP contribution in [0.1, 0.15) is 0 Å². The quantitative estimate of drug-likeness (QED) is 0.0450. The van der Waals surface area contributed by atoms with Crippen molar-refractivity contribution in [3.05, 3.63) is 0 Å². The third-order valence-corrected chi connectivity index (χ3v) is 4.27. The van der Waals surface area contributed by atoms with Crippen molar-refractivity contribution in [3.8, 4) is 0 Å². The van der Waals surface area contributed by atoms with Crippen LogP contribution in [-0.4, -0.2) is 199 Å². The summed E-state index contributed by atoms with van der Waals surface area (Å²) in [6, 6.07) is 0. The number of aliphatic hydroxyl groups is 8. The molecule has 18 nitrogen and oxygen atoms in total. The molecule has 9 atom stereocenters. The minimum Gasteiger partial charge on any atom is -0.857 e. The predicted octanol–water partition coefficient (Wildman–Crippen LogP) is -4.28. The van der Waals surface area contributed by atoms with E-state index in [2.05, 4.69) is 65.7 Å². The van der Waals surface area contributed by atoms with Crippen LogP contribution < -0.4 is 5.11 Å². The fourth-order valence-corrected chi connectivity index (χ4v) is 2.37. The normalized spacial score (nSPS) is 14.8. The maximum Gasteiger partial charge on any atom is 0.105 e. The van der Waals surface area contributed by atoms with Crippen molar-refractivity contribution in [3.63, 3.8) is 0 Å². The van der Waals surface area contributed by atoms with Gasteiger partial charge in [0.05, 0.1) is 79.3 Å². The fourth-order valence-electron chi connectivity index (χ4n) is 1.71. The number of hydrogen-bond acceptors (Lipinski definition) is 18. The first-order valence-electron chi connectivity index (χ1n) is 13.1. The Morgan fingerprint density at radius 3 is 0.854 bits per heavy atom. The van der Waals surface area contributed by atoms with Crippen LogP contribution in [0.4, 0.5) is 0 Å². The van der Waals surface area contributed by atoms with Gasteiger partial charge in [0.2, 0.25) is 0 Å². The van der Waals surface area contributed by atoms with Crippen LogP contribution in [0.25, 0.3) is 0 Å². The van der Waals surface area contributed by atoms with E-state index in [1.807, 2.05) is 0 Å². The number of rotatable bonds is 19. The molecule has 1 fully saturated rings. The summed E-state index contributed by atoms with van der Waals surface area (Å²) in [4.78, 5) is 0. The molecule has 0 aliphatic carbocycles. The van der Waals surface area contributed by atoms with Crippen LogP contribution in [0.2, 0.25) is 0 Å². The molecular formula is C24H62O18P3Y3-. The maximum absolute atomic E-state index is 8.79. The van der Waals surface area contributed by atoms with Crippen LogP contribution in [0.5, 0.6) is 0 Å². The van der Waals surface area contributed by atoms with Gasteiger partial charge < -0.3 is 88.0 Å². The molecule has 1 rings (SSSR count). The SMILES string of the molecule is COCC(O)CO.COCC(O)CO.COCC(O)CO.COCC(O)COP.COCC(O)COP.C[O-].POCC1CO1.[Y].[Y].[Y]. The van der Waals surface area contributed by atoms with Crippen LogP contribution in [0.15, 0.2) is 0 Å². The Bertz CT molecular complexity index is 427. The Morgan fingerprint density at radius 1 is 0.521 bits per heavy atom. The van der Waals surface area contributed by atoms with Crippen LogP contribution >= 0.6 is 28.4 Å². The zero-order chi connectivity index (χ0) is 36.3. The fraction of sp³-hybridized carbons (Fsp3) is 1.00. The maximum atomic E-state index is 8.79. The Labute approximate surface area is 369 Å². The third kappa shape index (κ3) is 87.6. The standard InChI is InChI=1S/2C4H11O3P.3C4H10O3.C3H7O2P.CH3O.3Y/c2*1-6-2-4(5)3-7-8;3*1-7-3-4(6)2-5;6-5-2-3-1-4-3;1-2;;;/h2*4-5H,2-3,8H2,1H3;3*4-6H,2-3H2,1H3;3H,1-2,6H2;1H3;;;/q;;;;;;-1;;;. The molecule has 0 aromatic heterocycles. The molecule has 24 heteroatoms. The van der Waals surface area contributed by atoms with Gasteiger partial charge in [0, 0.05) is 162 Å². The van der Waals surface area contributed by atoms with E-state index in [9.17, 15) is 0 Å². The first-order valence-corrected chi connectivity index (χ1v) is 14.5. The van der Waals surface area contributed by atoms with E-state index in [-0.39, 0.29) is 138 Å². The van der Waals surface area contributed by atoms with Gasteiger partial charge in [-0.15, -0.1) is 0 Å². The predicted molar refractivity (Wildman–Crippen MR) is 173 cm³/mol. The Morgan fingerprint density at radius 2 is 0.750 bits per heavy atom. The van der Waals surface area contributed by atoms with E-state index in [0.29, 0.717) is 32.5 Å². The Kier molecular flexibility index (Phi) is 105. The Hall–Kier alpha value is 3.88. The van der Waals surface area contributed by atoms with Crippen molar-refractivity contribution in [2.45, 2.75) is 36.6 Å². The molecule has 0 bridgehead atoms. The summed E-state index contributed by atoms with van der Waals surface area (Å²) in [5.41, 5.74) is 0. The molecule has 0 aromatic rings. The van der Waals surface area contributed by atoms with E-state index < -0.39 is 30.5 Å². The minimum atomic E-state index is -0.718. The summed E-state index contributed by atoms with van der Waals surface area (Å²) >= 11 is 0. The molecule has 0 spiro atoms. The number of hydrogen-bond donors (Lipinski definition) is 8. The molecule has 291 valence electrons. The van der Waals surface area contributed by atoms with Gasteiger partial charge in [-0.05, 0) is 0 Å². The van der Waals surface area contributed by atoms with Crippen molar-refractivity contribution in [2.24, 2.45) is 0 Å². The minimum absolute atomic E-state index is 0. The second-order valence-corrected chi connectivity index (χ2v) is 9.05. The second kappa shape index (κ2) is 68.8. The number of epoxide rings is 1. The van der Waals surface area contributed by atoms with Crippen LogP contribution in [0.3, 0.4) is 0 Å².